The maximum atomic E-state index is 10.8. The Kier molecular flexibility index (Phi) is 3.32. The number of pyridine rings is 1. The van der Waals surface area contributed by atoms with Crippen LogP contribution in [0, 0.1) is 0 Å². The van der Waals surface area contributed by atoms with E-state index >= 15 is 0 Å². The monoisotopic (exact) mass is 278 g/mol. The van der Waals surface area contributed by atoms with Crippen LogP contribution in [0.2, 0.25) is 0 Å². The van der Waals surface area contributed by atoms with Gasteiger partial charge in [0.15, 0.2) is 0 Å². The Morgan fingerprint density at radius 1 is 1.45 bits per heavy atom. The lowest BCUT2D eigenvalue weighted by Gasteiger charge is -2.53. The Labute approximate surface area is 119 Å². The Morgan fingerprint density at radius 2 is 2.20 bits per heavy atom. The summed E-state index contributed by atoms with van der Waals surface area (Å²) in [5.41, 5.74) is 5.61. The first-order valence-corrected chi connectivity index (χ1v) is 7.02. The zero-order valence-electron chi connectivity index (χ0n) is 12.0. The molecule has 0 bridgehead atoms. The third-order valence-corrected chi connectivity index (χ3v) is 4.25. The molecule has 0 spiro atoms. The predicted octanol–water partition coefficient (Wildman–Crippen LogP) is 0.282. The van der Waals surface area contributed by atoms with Gasteiger partial charge >= 0.3 is 0 Å². The van der Waals surface area contributed by atoms with Crippen molar-refractivity contribution in [3.8, 4) is 0 Å². The number of nitrogen functional groups attached to an aromatic ring is 1. The fraction of sp³-hybridized carbons (Fsp3) is 0.643. The average molecular weight is 278 g/mol. The number of hydrogen-bond donors (Lipinski definition) is 2. The molecule has 2 aliphatic rings. The van der Waals surface area contributed by atoms with Crippen molar-refractivity contribution < 1.29 is 9.84 Å². The molecule has 110 valence electrons. The lowest BCUT2D eigenvalue weighted by molar-refractivity contribution is -0.117. The van der Waals surface area contributed by atoms with E-state index in [0.29, 0.717) is 24.4 Å². The van der Waals surface area contributed by atoms with Gasteiger partial charge in [0.2, 0.25) is 0 Å². The Balaban J connectivity index is 1.80. The van der Waals surface area contributed by atoms with Crippen LogP contribution in [0.1, 0.15) is 13.8 Å². The highest BCUT2D eigenvalue weighted by molar-refractivity contribution is 5.50. The molecule has 3 rings (SSSR count). The third-order valence-electron chi connectivity index (χ3n) is 4.25. The van der Waals surface area contributed by atoms with Crippen molar-refractivity contribution in [2.45, 2.75) is 31.7 Å². The van der Waals surface area contributed by atoms with Gasteiger partial charge in [0.05, 0.1) is 31.1 Å². The van der Waals surface area contributed by atoms with Gasteiger partial charge in [0, 0.05) is 19.1 Å². The number of aliphatic hydroxyl groups is 1. The van der Waals surface area contributed by atoms with E-state index in [4.69, 9.17) is 10.5 Å². The minimum Gasteiger partial charge on any atom is -0.384 e. The summed E-state index contributed by atoms with van der Waals surface area (Å²) in [6, 6.07) is 4.47. The second kappa shape index (κ2) is 4.87. The Bertz CT molecular complexity index is 473. The van der Waals surface area contributed by atoms with Crippen LogP contribution in [0.15, 0.2) is 18.3 Å². The van der Waals surface area contributed by atoms with Crippen LogP contribution in [-0.2, 0) is 4.74 Å². The highest BCUT2D eigenvalue weighted by Crippen LogP contribution is 2.30. The molecule has 0 aromatic carbocycles. The van der Waals surface area contributed by atoms with Crippen LogP contribution in [0.5, 0.6) is 0 Å². The smallest absolute Gasteiger partial charge is 0.147 e. The number of ether oxygens (including phenoxy) is 1. The summed E-state index contributed by atoms with van der Waals surface area (Å²) in [5, 5.41) is 10.8. The molecular weight excluding hydrogens is 256 g/mol. The molecule has 2 aliphatic heterocycles. The summed E-state index contributed by atoms with van der Waals surface area (Å²) in [5.74, 6) is 0.492. The van der Waals surface area contributed by atoms with Gasteiger partial charge < -0.3 is 20.5 Å². The molecule has 2 fully saturated rings. The maximum absolute atomic E-state index is 10.8. The van der Waals surface area contributed by atoms with E-state index in [1.807, 2.05) is 17.9 Å². The topological polar surface area (TPSA) is 74.8 Å². The van der Waals surface area contributed by atoms with Crippen LogP contribution in [0.25, 0.3) is 0 Å². The quantitative estimate of drug-likeness (QED) is 0.809. The molecular formula is C14H22N4O2. The maximum Gasteiger partial charge on any atom is 0.147 e. The molecule has 1 aromatic rings. The van der Waals surface area contributed by atoms with Gasteiger partial charge in [0.25, 0.3) is 0 Å². The summed E-state index contributed by atoms with van der Waals surface area (Å²) in [7, 11) is 0. The van der Waals surface area contributed by atoms with E-state index in [9.17, 15) is 5.11 Å². The second-order valence-corrected chi connectivity index (χ2v) is 5.98. The first-order valence-electron chi connectivity index (χ1n) is 7.02. The van der Waals surface area contributed by atoms with Crippen LogP contribution >= 0.6 is 0 Å². The summed E-state index contributed by atoms with van der Waals surface area (Å²) < 4.78 is 5.27. The highest BCUT2D eigenvalue weighted by Gasteiger charge is 2.43. The van der Waals surface area contributed by atoms with E-state index in [0.717, 1.165) is 25.4 Å². The van der Waals surface area contributed by atoms with Gasteiger partial charge in [0.1, 0.15) is 11.5 Å². The summed E-state index contributed by atoms with van der Waals surface area (Å²) in [6.07, 6.45) is 1.72. The fourth-order valence-electron chi connectivity index (χ4n) is 3.00. The summed E-state index contributed by atoms with van der Waals surface area (Å²) in [4.78, 5) is 8.46. The number of piperazine rings is 1. The first-order chi connectivity index (χ1) is 9.47. The second-order valence-electron chi connectivity index (χ2n) is 5.98. The number of hydrogen-bond acceptors (Lipinski definition) is 6. The fourth-order valence-corrected chi connectivity index (χ4v) is 3.00. The number of rotatable bonds is 2. The van der Waals surface area contributed by atoms with Crippen molar-refractivity contribution in [3.63, 3.8) is 0 Å². The van der Waals surface area contributed by atoms with Crippen LogP contribution in [-0.4, -0.2) is 59.1 Å². The van der Waals surface area contributed by atoms with Crippen molar-refractivity contribution in [2.75, 3.05) is 36.9 Å². The van der Waals surface area contributed by atoms with Gasteiger partial charge in [-0.1, -0.05) is 0 Å². The number of anilines is 2. The molecule has 20 heavy (non-hydrogen) atoms. The van der Waals surface area contributed by atoms with Gasteiger partial charge in [-0.25, -0.2) is 4.98 Å². The van der Waals surface area contributed by atoms with Crippen LogP contribution in [0.3, 0.4) is 0 Å². The van der Waals surface area contributed by atoms with Crippen LogP contribution in [0.4, 0.5) is 11.5 Å². The summed E-state index contributed by atoms with van der Waals surface area (Å²) in [6.45, 7) is 6.93. The van der Waals surface area contributed by atoms with E-state index in [-0.39, 0.29) is 0 Å². The zero-order valence-corrected chi connectivity index (χ0v) is 12.0. The molecule has 6 nitrogen and oxygen atoms in total. The van der Waals surface area contributed by atoms with Crippen molar-refractivity contribution in [3.05, 3.63) is 18.3 Å². The molecule has 2 atom stereocenters. The molecule has 0 aliphatic carbocycles. The zero-order chi connectivity index (χ0) is 14.3. The largest absolute Gasteiger partial charge is 0.384 e. The van der Waals surface area contributed by atoms with Crippen molar-refractivity contribution in [1.82, 2.24) is 9.88 Å². The van der Waals surface area contributed by atoms with Gasteiger partial charge in [-0.3, -0.25) is 4.90 Å². The number of aromatic nitrogens is 1. The summed E-state index contributed by atoms with van der Waals surface area (Å²) >= 11 is 0. The van der Waals surface area contributed by atoms with Crippen LogP contribution < -0.4 is 10.6 Å². The normalized spacial score (nSPS) is 32.1. The molecule has 2 saturated heterocycles. The number of nitrogens with zero attached hydrogens (tertiary/aromatic N) is 3. The average Bonchev–Trinajstić information content (AvgIpc) is 2.32. The molecule has 6 heteroatoms. The molecule has 3 N–H and O–H groups in total. The van der Waals surface area contributed by atoms with Gasteiger partial charge in [-0.2, -0.15) is 0 Å². The van der Waals surface area contributed by atoms with Gasteiger partial charge in [-0.15, -0.1) is 0 Å². The predicted molar refractivity (Wildman–Crippen MR) is 77.4 cm³/mol. The first kappa shape index (κ1) is 13.6. The van der Waals surface area contributed by atoms with Crippen molar-refractivity contribution >= 4 is 11.5 Å². The number of β-amino-alcohol motifs (C(OH)–C–C–N with tert-alkyl or cyclic N) is 1. The molecule has 0 unspecified atom stereocenters. The van der Waals surface area contributed by atoms with E-state index in [1.165, 1.54) is 0 Å². The SMILES string of the molecule is C[C@@H]1CN(c2ccc(N)nc2)[C@@](C)(O)CN1C1COC1. The molecule has 0 saturated carbocycles. The molecule has 1 aromatic heterocycles. The van der Waals surface area contributed by atoms with E-state index in [2.05, 4.69) is 16.8 Å². The lowest BCUT2D eigenvalue weighted by atomic mass is 10.0. The minimum atomic E-state index is -0.917. The van der Waals surface area contributed by atoms with Crippen molar-refractivity contribution in [2.24, 2.45) is 0 Å². The molecule has 3 heterocycles. The number of nitrogens with two attached hydrogens (primary N) is 1. The van der Waals surface area contributed by atoms with E-state index in [1.54, 1.807) is 12.3 Å². The third kappa shape index (κ3) is 2.34. The Hall–Kier alpha value is -1.37. The molecule has 0 radical (unpaired) electrons. The van der Waals surface area contributed by atoms with E-state index < -0.39 is 5.72 Å². The highest BCUT2D eigenvalue weighted by atomic mass is 16.5. The van der Waals surface area contributed by atoms with Crippen molar-refractivity contribution in [1.29, 1.82) is 0 Å². The minimum absolute atomic E-state index is 0.363. The lowest BCUT2D eigenvalue weighted by Crippen LogP contribution is -2.68. The Morgan fingerprint density at radius 3 is 2.75 bits per heavy atom. The van der Waals surface area contributed by atoms with Gasteiger partial charge in [-0.05, 0) is 26.0 Å². The standard InChI is InChI=1S/C14H22N4O2/c1-10-6-18(11-3-4-13(15)16-5-11)14(2,19)9-17(10)12-7-20-8-12/h3-5,10,12,19H,6-9H2,1-2H3,(H2,15,16)/t10-,14+/m1/s1. The molecule has 0 amide bonds.